The van der Waals surface area contributed by atoms with Crippen LogP contribution in [0.2, 0.25) is 5.02 Å². The van der Waals surface area contributed by atoms with Gasteiger partial charge in [-0.15, -0.1) is 11.6 Å². The van der Waals surface area contributed by atoms with Gasteiger partial charge in [0.05, 0.1) is 27.1 Å². The topological polar surface area (TPSA) is 17.8 Å². The lowest BCUT2D eigenvalue weighted by Gasteiger charge is -2.11. The predicted molar refractivity (Wildman–Crippen MR) is 91.0 cm³/mol. The van der Waals surface area contributed by atoms with Crippen LogP contribution in [0.1, 0.15) is 5.82 Å². The summed E-state index contributed by atoms with van der Waals surface area (Å²) in [4.78, 5) is 4.39. The molecule has 0 saturated carbocycles. The van der Waals surface area contributed by atoms with Gasteiger partial charge < -0.3 is 0 Å². The quantitative estimate of drug-likeness (QED) is 0.431. The van der Waals surface area contributed by atoms with Crippen LogP contribution in [0, 0.1) is 5.82 Å². The zero-order chi connectivity index (χ0) is 15.1. The van der Waals surface area contributed by atoms with Crippen molar-refractivity contribution in [1.82, 2.24) is 9.55 Å². The van der Waals surface area contributed by atoms with Gasteiger partial charge in [-0.25, -0.2) is 9.37 Å². The Kier molecular flexibility index (Phi) is 4.28. The SMILES string of the molecule is Fc1cc2nc(CCl)n(-c3cc(Cl)ccc3Br)c2cc1Br. The number of nitrogens with zero attached hydrogens (tertiary/aromatic N) is 2. The fraction of sp³-hybridized carbons (Fsp3) is 0.0714. The molecule has 108 valence electrons. The number of imidazole rings is 1. The summed E-state index contributed by atoms with van der Waals surface area (Å²) in [6.07, 6.45) is 0. The van der Waals surface area contributed by atoms with Gasteiger partial charge in [-0.1, -0.05) is 11.6 Å². The molecule has 0 spiro atoms. The Balaban J connectivity index is 2.40. The molecule has 2 aromatic carbocycles. The molecule has 0 radical (unpaired) electrons. The molecule has 0 amide bonds. The Bertz CT molecular complexity index is 849. The van der Waals surface area contributed by atoms with Crippen LogP contribution in [0.15, 0.2) is 39.3 Å². The lowest BCUT2D eigenvalue weighted by Crippen LogP contribution is -2.00. The number of hydrogen-bond donors (Lipinski definition) is 0. The van der Waals surface area contributed by atoms with Gasteiger partial charge in [0.2, 0.25) is 0 Å². The summed E-state index contributed by atoms with van der Waals surface area (Å²) in [5.74, 6) is 0.456. The first kappa shape index (κ1) is 15.3. The van der Waals surface area contributed by atoms with Gasteiger partial charge in [0.15, 0.2) is 0 Å². The number of alkyl halides is 1. The standard InChI is InChI=1S/C14H7Br2Cl2FN2/c15-8-2-1-7(18)3-12(8)21-13-4-9(16)10(19)5-11(13)20-14(21)6-17/h1-5H,6H2. The zero-order valence-electron chi connectivity index (χ0n) is 10.4. The normalized spacial score (nSPS) is 11.3. The van der Waals surface area contributed by atoms with E-state index in [1.54, 1.807) is 18.2 Å². The number of benzene rings is 2. The highest BCUT2D eigenvalue weighted by Gasteiger charge is 2.16. The van der Waals surface area contributed by atoms with Crippen molar-refractivity contribution < 1.29 is 4.39 Å². The maximum Gasteiger partial charge on any atom is 0.139 e. The van der Waals surface area contributed by atoms with Gasteiger partial charge in [0.25, 0.3) is 0 Å². The Morgan fingerprint density at radius 1 is 1.14 bits per heavy atom. The highest BCUT2D eigenvalue weighted by atomic mass is 79.9. The summed E-state index contributed by atoms with van der Waals surface area (Å²) in [5.41, 5.74) is 2.10. The van der Waals surface area contributed by atoms with Gasteiger partial charge in [0.1, 0.15) is 11.6 Å². The molecule has 1 heterocycles. The Labute approximate surface area is 147 Å². The molecule has 0 N–H and O–H groups in total. The van der Waals surface area contributed by atoms with Crippen molar-refractivity contribution in [3.05, 3.63) is 55.9 Å². The molecule has 0 unspecified atom stereocenters. The summed E-state index contributed by atoms with van der Waals surface area (Å²) in [5, 5.41) is 0.594. The van der Waals surface area contributed by atoms with Gasteiger partial charge in [-0.3, -0.25) is 4.57 Å². The van der Waals surface area contributed by atoms with Crippen molar-refractivity contribution in [2.24, 2.45) is 0 Å². The molecule has 0 fully saturated rings. The summed E-state index contributed by atoms with van der Waals surface area (Å²) < 4.78 is 16.8. The summed E-state index contributed by atoms with van der Waals surface area (Å²) in [7, 11) is 0. The minimum absolute atomic E-state index is 0.201. The van der Waals surface area contributed by atoms with E-state index in [-0.39, 0.29) is 11.7 Å². The molecule has 3 rings (SSSR count). The minimum Gasteiger partial charge on any atom is -0.294 e. The second-order valence-corrected chi connectivity index (χ2v) is 6.76. The maximum absolute atomic E-state index is 13.7. The predicted octanol–water partition coefficient (Wildman–Crippen LogP) is 6.08. The van der Waals surface area contributed by atoms with Crippen LogP contribution in [0.25, 0.3) is 16.7 Å². The Morgan fingerprint density at radius 2 is 1.90 bits per heavy atom. The van der Waals surface area contributed by atoms with Crippen LogP contribution in [0.4, 0.5) is 4.39 Å². The van der Waals surface area contributed by atoms with Gasteiger partial charge in [0, 0.05) is 15.6 Å². The lowest BCUT2D eigenvalue weighted by atomic mass is 10.2. The van der Waals surface area contributed by atoms with E-state index in [1.807, 2.05) is 10.6 Å². The van der Waals surface area contributed by atoms with Crippen molar-refractivity contribution in [1.29, 1.82) is 0 Å². The second-order valence-electron chi connectivity index (χ2n) is 4.35. The van der Waals surface area contributed by atoms with Crippen molar-refractivity contribution in [2.75, 3.05) is 0 Å². The molecule has 0 aliphatic carbocycles. The zero-order valence-corrected chi connectivity index (χ0v) is 15.1. The van der Waals surface area contributed by atoms with E-state index in [2.05, 4.69) is 36.8 Å². The molecule has 7 heteroatoms. The minimum atomic E-state index is -0.363. The average Bonchev–Trinajstić information content (AvgIpc) is 2.79. The van der Waals surface area contributed by atoms with Crippen molar-refractivity contribution >= 4 is 66.1 Å². The van der Waals surface area contributed by atoms with Crippen LogP contribution >= 0.6 is 55.1 Å². The number of hydrogen-bond acceptors (Lipinski definition) is 1. The molecule has 21 heavy (non-hydrogen) atoms. The molecule has 3 aromatic rings. The van der Waals surface area contributed by atoms with E-state index < -0.39 is 0 Å². The van der Waals surface area contributed by atoms with E-state index in [1.165, 1.54) is 6.07 Å². The highest BCUT2D eigenvalue weighted by molar-refractivity contribution is 9.10. The summed E-state index contributed by atoms with van der Waals surface area (Å²) >= 11 is 18.8. The fourth-order valence-electron chi connectivity index (χ4n) is 2.14. The fourth-order valence-corrected chi connectivity index (χ4v) is 3.24. The summed E-state index contributed by atoms with van der Waals surface area (Å²) in [6.45, 7) is 0. The van der Waals surface area contributed by atoms with Crippen LogP contribution in [-0.4, -0.2) is 9.55 Å². The third-order valence-electron chi connectivity index (χ3n) is 3.03. The van der Waals surface area contributed by atoms with E-state index >= 15 is 0 Å². The molecule has 0 aliphatic rings. The van der Waals surface area contributed by atoms with Gasteiger partial charge >= 0.3 is 0 Å². The lowest BCUT2D eigenvalue weighted by molar-refractivity contribution is 0.623. The van der Waals surface area contributed by atoms with E-state index in [0.29, 0.717) is 20.8 Å². The third kappa shape index (κ3) is 2.72. The molecule has 0 saturated heterocycles. The molecule has 0 aliphatic heterocycles. The highest BCUT2D eigenvalue weighted by Crippen LogP contribution is 2.32. The van der Waals surface area contributed by atoms with Crippen molar-refractivity contribution in [3.8, 4) is 5.69 Å². The average molecular weight is 453 g/mol. The van der Waals surface area contributed by atoms with E-state index in [4.69, 9.17) is 23.2 Å². The molecule has 0 bridgehead atoms. The number of halogens is 5. The molecule has 1 aromatic heterocycles. The molecule has 0 atom stereocenters. The number of rotatable bonds is 2. The largest absolute Gasteiger partial charge is 0.294 e. The van der Waals surface area contributed by atoms with Crippen molar-refractivity contribution in [3.63, 3.8) is 0 Å². The van der Waals surface area contributed by atoms with Gasteiger partial charge in [-0.05, 0) is 56.1 Å². The van der Waals surface area contributed by atoms with Crippen LogP contribution < -0.4 is 0 Å². The monoisotopic (exact) mass is 450 g/mol. The van der Waals surface area contributed by atoms with E-state index in [9.17, 15) is 4.39 Å². The Morgan fingerprint density at radius 3 is 2.62 bits per heavy atom. The van der Waals surface area contributed by atoms with Crippen LogP contribution in [0.5, 0.6) is 0 Å². The number of fused-ring (bicyclic) bond motifs is 1. The number of aromatic nitrogens is 2. The first-order chi connectivity index (χ1) is 10.0. The van der Waals surface area contributed by atoms with E-state index in [0.717, 1.165) is 15.7 Å². The first-order valence-electron chi connectivity index (χ1n) is 5.89. The van der Waals surface area contributed by atoms with Crippen LogP contribution in [-0.2, 0) is 5.88 Å². The molecule has 2 nitrogen and oxygen atoms in total. The summed E-state index contributed by atoms with van der Waals surface area (Å²) in [6, 6.07) is 8.50. The molecular weight excluding hydrogens is 446 g/mol. The van der Waals surface area contributed by atoms with Gasteiger partial charge in [-0.2, -0.15) is 0 Å². The van der Waals surface area contributed by atoms with Crippen LogP contribution in [0.3, 0.4) is 0 Å². The van der Waals surface area contributed by atoms with Crippen molar-refractivity contribution in [2.45, 2.75) is 5.88 Å². The second kappa shape index (κ2) is 5.88. The third-order valence-corrected chi connectivity index (χ3v) is 4.79. The Hall–Kier alpha value is -0.620. The smallest absolute Gasteiger partial charge is 0.139 e. The maximum atomic E-state index is 13.7. The first-order valence-corrected chi connectivity index (χ1v) is 8.39. The molecular formula is C14H7Br2Cl2FN2.